The Hall–Kier alpha value is -3.08. The number of amides is 1. The molecule has 0 aliphatic carbocycles. The zero-order valence-electron chi connectivity index (χ0n) is 16.3. The van der Waals surface area contributed by atoms with Gasteiger partial charge in [-0.3, -0.25) is 9.78 Å². The second-order valence-corrected chi connectivity index (χ2v) is 6.70. The van der Waals surface area contributed by atoms with Crippen molar-refractivity contribution >= 4 is 22.5 Å². The van der Waals surface area contributed by atoms with Crippen molar-refractivity contribution in [3.63, 3.8) is 0 Å². The van der Waals surface area contributed by atoms with Crippen LogP contribution >= 0.6 is 0 Å². The highest BCUT2D eigenvalue weighted by Gasteiger charge is 2.12. The number of ether oxygens (including phenoxy) is 2. The second-order valence-electron chi connectivity index (χ2n) is 6.70. The van der Waals surface area contributed by atoms with Crippen molar-refractivity contribution in [1.29, 1.82) is 0 Å². The van der Waals surface area contributed by atoms with Gasteiger partial charge >= 0.3 is 0 Å². The summed E-state index contributed by atoms with van der Waals surface area (Å²) in [5, 5.41) is 4.00. The summed E-state index contributed by atoms with van der Waals surface area (Å²) in [6, 6.07) is 11.6. The van der Waals surface area contributed by atoms with E-state index >= 15 is 0 Å². The van der Waals surface area contributed by atoms with Crippen LogP contribution in [0.3, 0.4) is 0 Å². The molecule has 27 heavy (non-hydrogen) atoms. The van der Waals surface area contributed by atoms with Crippen molar-refractivity contribution < 1.29 is 14.3 Å². The molecule has 0 unspecified atom stereocenters. The van der Waals surface area contributed by atoms with E-state index in [0.29, 0.717) is 11.5 Å². The van der Waals surface area contributed by atoms with E-state index in [0.717, 1.165) is 39.0 Å². The Morgan fingerprint density at radius 3 is 2.44 bits per heavy atom. The number of benzene rings is 2. The van der Waals surface area contributed by atoms with Gasteiger partial charge < -0.3 is 14.8 Å². The molecule has 1 N–H and O–H groups in total. The van der Waals surface area contributed by atoms with E-state index in [1.54, 1.807) is 20.3 Å². The number of pyridine rings is 1. The summed E-state index contributed by atoms with van der Waals surface area (Å²) in [4.78, 5) is 17.3. The standard InChI is InChI=1S/C22H24N2O3/c1-13-8-14(2)22-17(9-13)18(10-15(3)23-22)24-21(25)12-16-6-7-19(26-4)20(11-16)27-5/h6-11H,12H2,1-5H3,(H,23,24,25). The topological polar surface area (TPSA) is 60.5 Å². The zero-order valence-corrected chi connectivity index (χ0v) is 16.3. The fourth-order valence-corrected chi connectivity index (χ4v) is 3.28. The fourth-order valence-electron chi connectivity index (χ4n) is 3.28. The molecule has 0 aliphatic heterocycles. The van der Waals surface area contributed by atoms with Crippen molar-refractivity contribution in [2.24, 2.45) is 0 Å². The van der Waals surface area contributed by atoms with Gasteiger partial charge in [0.25, 0.3) is 0 Å². The van der Waals surface area contributed by atoms with Gasteiger partial charge in [-0.1, -0.05) is 17.7 Å². The number of aromatic nitrogens is 1. The normalized spacial score (nSPS) is 10.7. The molecule has 140 valence electrons. The lowest BCUT2D eigenvalue weighted by Crippen LogP contribution is -2.15. The van der Waals surface area contributed by atoms with Crippen LogP contribution in [0.1, 0.15) is 22.4 Å². The van der Waals surface area contributed by atoms with Gasteiger partial charge in [0, 0.05) is 11.1 Å². The summed E-state index contributed by atoms with van der Waals surface area (Å²) >= 11 is 0. The van der Waals surface area contributed by atoms with E-state index in [2.05, 4.69) is 22.4 Å². The summed E-state index contributed by atoms with van der Waals surface area (Å²) < 4.78 is 10.6. The quantitative estimate of drug-likeness (QED) is 0.731. The van der Waals surface area contributed by atoms with Crippen LogP contribution in [0, 0.1) is 20.8 Å². The third kappa shape index (κ3) is 4.03. The maximum absolute atomic E-state index is 12.7. The Bertz CT molecular complexity index is 1010. The molecule has 1 heterocycles. The maximum atomic E-state index is 12.7. The minimum atomic E-state index is -0.0896. The Labute approximate surface area is 159 Å². The van der Waals surface area contributed by atoms with Crippen molar-refractivity contribution in [1.82, 2.24) is 4.98 Å². The molecule has 3 aromatic rings. The highest BCUT2D eigenvalue weighted by Crippen LogP contribution is 2.29. The SMILES string of the molecule is COc1ccc(CC(=O)Nc2cc(C)nc3c(C)cc(C)cc23)cc1OC. The van der Waals surface area contributed by atoms with Gasteiger partial charge in [0.15, 0.2) is 11.5 Å². The van der Waals surface area contributed by atoms with Crippen molar-refractivity contribution in [3.05, 3.63) is 58.8 Å². The highest BCUT2D eigenvalue weighted by atomic mass is 16.5. The molecule has 1 amide bonds. The minimum Gasteiger partial charge on any atom is -0.493 e. The first kappa shape index (κ1) is 18.7. The molecule has 2 aromatic carbocycles. The number of anilines is 1. The van der Waals surface area contributed by atoms with E-state index in [4.69, 9.17) is 9.47 Å². The molecular weight excluding hydrogens is 340 g/mol. The predicted octanol–water partition coefficient (Wildman–Crippen LogP) is 4.36. The highest BCUT2D eigenvalue weighted by molar-refractivity contribution is 6.02. The van der Waals surface area contributed by atoms with Crippen molar-refractivity contribution in [2.75, 3.05) is 19.5 Å². The molecule has 3 rings (SSSR count). The molecule has 0 spiro atoms. The number of carbonyl (C=O) groups excluding carboxylic acids is 1. The summed E-state index contributed by atoms with van der Waals surface area (Å²) in [6.45, 7) is 6.02. The third-order valence-corrected chi connectivity index (χ3v) is 4.46. The van der Waals surface area contributed by atoms with Crippen LogP contribution in [0.2, 0.25) is 0 Å². The van der Waals surface area contributed by atoms with Crippen molar-refractivity contribution in [3.8, 4) is 11.5 Å². The van der Waals surface area contributed by atoms with E-state index in [1.165, 1.54) is 0 Å². The van der Waals surface area contributed by atoms with Crippen LogP contribution < -0.4 is 14.8 Å². The first-order valence-electron chi connectivity index (χ1n) is 8.80. The number of fused-ring (bicyclic) bond motifs is 1. The van der Waals surface area contributed by atoms with Crippen LogP contribution in [0.5, 0.6) is 11.5 Å². The van der Waals surface area contributed by atoms with Gasteiger partial charge in [-0.05, 0) is 56.2 Å². The summed E-state index contributed by atoms with van der Waals surface area (Å²) in [7, 11) is 3.17. The largest absolute Gasteiger partial charge is 0.493 e. The van der Waals surface area contributed by atoms with Gasteiger partial charge in [-0.15, -0.1) is 0 Å². The Morgan fingerprint density at radius 2 is 1.74 bits per heavy atom. The number of hydrogen-bond acceptors (Lipinski definition) is 4. The van der Waals surface area contributed by atoms with Crippen LogP contribution in [0.15, 0.2) is 36.4 Å². The number of rotatable bonds is 5. The van der Waals surface area contributed by atoms with Crippen LogP contribution in [-0.4, -0.2) is 25.1 Å². The summed E-state index contributed by atoms with van der Waals surface area (Å²) in [5.41, 5.74) is 5.67. The number of carbonyl (C=O) groups is 1. The third-order valence-electron chi connectivity index (χ3n) is 4.46. The Kier molecular flexibility index (Phi) is 5.31. The second kappa shape index (κ2) is 7.66. The van der Waals surface area contributed by atoms with Gasteiger partial charge in [0.1, 0.15) is 0 Å². The van der Waals surface area contributed by atoms with E-state index in [9.17, 15) is 4.79 Å². The molecule has 0 aliphatic rings. The molecule has 0 saturated heterocycles. The number of aryl methyl sites for hydroxylation is 3. The first-order chi connectivity index (χ1) is 12.9. The minimum absolute atomic E-state index is 0.0896. The lowest BCUT2D eigenvalue weighted by molar-refractivity contribution is -0.115. The van der Waals surface area contributed by atoms with Crippen LogP contribution in [0.25, 0.3) is 10.9 Å². The fraction of sp³-hybridized carbons (Fsp3) is 0.273. The summed E-state index contributed by atoms with van der Waals surface area (Å²) in [6.07, 6.45) is 0.244. The Morgan fingerprint density at radius 1 is 1.00 bits per heavy atom. The molecule has 5 nitrogen and oxygen atoms in total. The maximum Gasteiger partial charge on any atom is 0.228 e. The smallest absolute Gasteiger partial charge is 0.228 e. The predicted molar refractivity (Wildman–Crippen MR) is 108 cm³/mol. The van der Waals surface area contributed by atoms with Crippen LogP contribution in [0.4, 0.5) is 5.69 Å². The monoisotopic (exact) mass is 364 g/mol. The molecule has 5 heteroatoms. The first-order valence-corrected chi connectivity index (χ1v) is 8.80. The molecule has 0 fully saturated rings. The number of nitrogens with one attached hydrogen (secondary N) is 1. The molecule has 0 radical (unpaired) electrons. The van der Waals surface area contributed by atoms with Gasteiger partial charge in [0.2, 0.25) is 5.91 Å². The van der Waals surface area contributed by atoms with E-state index in [-0.39, 0.29) is 12.3 Å². The lowest BCUT2D eigenvalue weighted by Gasteiger charge is -2.13. The number of nitrogens with zero attached hydrogens (tertiary/aromatic N) is 1. The van der Waals surface area contributed by atoms with Gasteiger partial charge in [0.05, 0.1) is 31.8 Å². The molecule has 1 aromatic heterocycles. The molecular formula is C22H24N2O3. The molecule has 0 saturated carbocycles. The van der Waals surface area contributed by atoms with Gasteiger partial charge in [-0.2, -0.15) is 0 Å². The Balaban J connectivity index is 1.88. The lowest BCUT2D eigenvalue weighted by atomic mass is 10.0. The average Bonchev–Trinajstić information content (AvgIpc) is 2.62. The zero-order chi connectivity index (χ0) is 19.6. The average molecular weight is 364 g/mol. The molecule has 0 atom stereocenters. The number of hydrogen-bond donors (Lipinski definition) is 1. The van der Waals surface area contributed by atoms with E-state index in [1.807, 2.05) is 39.0 Å². The van der Waals surface area contributed by atoms with Crippen molar-refractivity contribution in [2.45, 2.75) is 27.2 Å². The van der Waals surface area contributed by atoms with Gasteiger partial charge in [-0.25, -0.2) is 0 Å². The summed E-state index contributed by atoms with van der Waals surface area (Å²) in [5.74, 6) is 1.16. The van der Waals surface area contributed by atoms with E-state index < -0.39 is 0 Å². The number of methoxy groups -OCH3 is 2. The molecule has 0 bridgehead atoms. The van der Waals surface area contributed by atoms with Crippen LogP contribution in [-0.2, 0) is 11.2 Å².